The molecule has 1 fully saturated rings. The number of fused-ring (bicyclic) bond motifs is 1. The van der Waals surface area contributed by atoms with Gasteiger partial charge in [0.05, 0.1) is 0 Å². The van der Waals surface area contributed by atoms with Crippen molar-refractivity contribution >= 4 is 5.97 Å². The summed E-state index contributed by atoms with van der Waals surface area (Å²) >= 11 is 0. The van der Waals surface area contributed by atoms with Crippen LogP contribution in [0, 0.1) is 0 Å². The number of carboxylic acids is 1. The molecule has 5 heteroatoms. The molecule has 0 saturated carbocycles. The number of aromatic nitrogens is 2. The molecular formula is C13H19N3O2. The van der Waals surface area contributed by atoms with E-state index in [2.05, 4.69) is 16.9 Å². The standard InChI is InChI=1S/C13H19N3O2/c1-15-6-5-9(8-15)12-14-7-10-3-2-4-11(13(17)18)16(10)12/h7,9,11H,2-6,8H2,1H3,(H,17,18). The van der Waals surface area contributed by atoms with Gasteiger partial charge in [0.1, 0.15) is 11.9 Å². The highest BCUT2D eigenvalue weighted by atomic mass is 16.4. The lowest BCUT2D eigenvalue weighted by Crippen LogP contribution is -2.27. The molecule has 1 aromatic heterocycles. The number of hydrogen-bond acceptors (Lipinski definition) is 3. The molecule has 3 heterocycles. The van der Waals surface area contributed by atoms with Gasteiger partial charge in [0, 0.05) is 24.4 Å². The summed E-state index contributed by atoms with van der Waals surface area (Å²) in [6.07, 6.45) is 5.60. The average molecular weight is 249 g/mol. The van der Waals surface area contributed by atoms with Crippen molar-refractivity contribution in [3.63, 3.8) is 0 Å². The van der Waals surface area contributed by atoms with Crippen LogP contribution in [0.1, 0.15) is 42.7 Å². The van der Waals surface area contributed by atoms with Crippen molar-refractivity contribution in [2.45, 2.75) is 37.6 Å². The predicted octanol–water partition coefficient (Wildman–Crippen LogP) is 1.26. The van der Waals surface area contributed by atoms with Crippen molar-refractivity contribution in [1.29, 1.82) is 0 Å². The summed E-state index contributed by atoms with van der Waals surface area (Å²) in [7, 11) is 2.11. The molecule has 98 valence electrons. The second kappa shape index (κ2) is 4.39. The molecule has 0 aromatic carbocycles. The summed E-state index contributed by atoms with van der Waals surface area (Å²) < 4.78 is 2.00. The maximum atomic E-state index is 11.4. The Kier molecular flexibility index (Phi) is 2.86. The molecule has 18 heavy (non-hydrogen) atoms. The maximum Gasteiger partial charge on any atom is 0.326 e. The van der Waals surface area contributed by atoms with Gasteiger partial charge in [-0.25, -0.2) is 9.78 Å². The molecule has 1 aromatic rings. The number of likely N-dealkylation sites (tertiary alicyclic amines) is 1. The van der Waals surface area contributed by atoms with Crippen LogP contribution in [0.15, 0.2) is 6.20 Å². The highest BCUT2D eigenvalue weighted by Gasteiger charge is 2.33. The van der Waals surface area contributed by atoms with Gasteiger partial charge in [0.2, 0.25) is 0 Å². The molecule has 2 atom stereocenters. The fraction of sp³-hybridized carbons (Fsp3) is 0.692. The maximum absolute atomic E-state index is 11.4. The summed E-state index contributed by atoms with van der Waals surface area (Å²) in [5.74, 6) is 0.659. The minimum absolute atomic E-state index is 0.392. The van der Waals surface area contributed by atoms with Crippen molar-refractivity contribution in [1.82, 2.24) is 14.5 Å². The number of rotatable bonds is 2. The third kappa shape index (κ3) is 1.82. The minimum Gasteiger partial charge on any atom is -0.480 e. The highest BCUT2D eigenvalue weighted by molar-refractivity contribution is 5.72. The van der Waals surface area contributed by atoms with Crippen molar-refractivity contribution in [2.24, 2.45) is 0 Å². The Morgan fingerprint density at radius 3 is 3.00 bits per heavy atom. The third-order valence-corrected chi connectivity index (χ3v) is 4.17. The van der Waals surface area contributed by atoms with E-state index in [-0.39, 0.29) is 0 Å². The van der Waals surface area contributed by atoms with Crippen molar-refractivity contribution in [2.75, 3.05) is 20.1 Å². The first-order valence-corrected chi connectivity index (χ1v) is 6.64. The molecule has 2 unspecified atom stereocenters. The van der Waals surface area contributed by atoms with Crippen molar-refractivity contribution in [3.05, 3.63) is 17.7 Å². The molecule has 5 nitrogen and oxygen atoms in total. The number of carboxylic acid groups (broad SMARTS) is 1. The molecule has 3 rings (SSSR count). The fourth-order valence-electron chi connectivity index (χ4n) is 3.24. The Hall–Kier alpha value is -1.36. The van der Waals surface area contributed by atoms with E-state index in [4.69, 9.17) is 0 Å². The van der Waals surface area contributed by atoms with Gasteiger partial charge in [-0.2, -0.15) is 0 Å². The lowest BCUT2D eigenvalue weighted by Gasteiger charge is -2.25. The Bertz CT molecular complexity index is 469. The molecule has 1 saturated heterocycles. The van der Waals surface area contributed by atoms with E-state index in [9.17, 15) is 9.90 Å². The van der Waals surface area contributed by atoms with Crippen LogP contribution in [0.25, 0.3) is 0 Å². The molecule has 2 aliphatic heterocycles. The zero-order valence-electron chi connectivity index (χ0n) is 10.7. The highest BCUT2D eigenvalue weighted by Crippen LogP contribution is 2.33. The van der Waals surface area contributed by atoms with Crippen LogP contribution in [0.2, 0.25) is 0 Å². The quantitative estimate of drug-likeness (QED) is 0.857. The first-order valence-electron chi connectivity index (χ1n) is 6.64. The third-order valence-electron chi connectivity index (χ3n) is 4.17. The molecule has 0 bridgehead atoms. The minimum atomic E-state index is -0.721. The normalized spacial score (nSPS) is 28.3. The van der Waals surface area contributed by atoms with Gasteiger partial charge in [0.15, 0.2) is 0 Å². The molecule has 1 N–H and O–H groups in total. The number of hydrogen-bond donors (Lipinski definition) is 1. The monoisotopic (exact) mass is 249 g/mol. The van der Waals surface area contributed by atoms with Gasteiger partial charge in [-0.3, -0.25) is 0 Å². The van der Waals surface area contributed by atoms with Crippen LogP contribution in [-0.4, -0.2) is 45.7 Å². The first-order chi connectivity index (χ1) is 8.66. The lowest BCUT2D eigenvalue weighted by atomic mass is 10.0. The van der Waals surface area contributed by atoms with Gasteiger partial charge >= 0.3 is 5.97 Å². The topological polar surface area (TPSA) is 58.4 Å². The van der Waals surface area contributed by atoms with E-state index in [0.717, 1.165) is 50.3 Å². The summed E-state index contributed by atoms with van der Waals surface area (Å²) in [4.78, 5) is 18.2. The summed E-state index contributed by atoms with van der Waals surface area (Å²) in [6, 6.07) is -0.405. The second-order valence-corrected chi connectivity index (χ2v) is 5.47. The zero-order valence-corrected chi connectivity index (χ0v) is 10.7. The van der Waals surface area contributed by atoms with Crippen LogP contribution in [0.5, 0.6) is 0 Å². The predicted molar refractivity (Wildman–Crippen MR) is 66.7 cm³/mol. The van der Waals surface area contributed by atoms with Crippen molar-refractivity contribution in [3.8, 4) is 0 Å². The van der Waals surface area contributed by atoms with Gasteiger partial charge < -0.3 is 14.6 Å². The van der Waals surface area contributed by atoms with E-state index in [1.807, 2.05) is 10.8 Å². The number of imidazole rings is 1. The first kappa shape index (κ1) is 11.7. The summed E-state index contributed by atoms with van der Waals surface area (Å²) in [5.41, 5.74) is 1.10. The van der Waals surface area contributed by atoms with Gasteiger partial charge in [-0.05, 0) is 39.3 Å². The largest absolute Gasteiger partial charge is 0.480 e. The van der Waals surface area contributed by atoms with E-state index in [0.29, 0.717) is 5.92 Å². The number of nitrogens with zero attached hydrogens (tertiary/aromatic N) is 3. The smallest absolute Gasteiger partial charge is 0.326 e. The van der Waals surface area contributed by atoms with Crippen molar-refractivity contribution < 1.29 is 9.90 Å². The summed E-state index contributed by atoms with van der Waals surface area (Å²) in [5, 5.41) is 9.36. The fourth-order valence-corrected chi connectivity index (χ4v) is 3.24. The van der Waals surface area contributed by atoms with Crippen LogP contribution < -0.4 is 0 Å². The second-order valence-electron chi connectivity index (χ2n) is 5.47. The molecule has 0 spiro atoms. The van der Waals surface area contributed by atoms with Crippen LogP contribution in [-0.2, 0) is 11.2 Å². The SMILES string of the molecule is CN1CCC(c2ncc3n2C(C(=O)O)CCC3)C1. The van der Waals surface area contributed by atoms with Crippen LogP contribution in [0.3, 0.4) is 0 Å². The van der Waals surface area contributed by atoms with E-state index in [1.54, 1.807) is 0 Å². The number of aryl methyl sites for hydroxylation is 1. The lowest BCUT2D eigenvalue weighted by molar-refractivity contribution is -0.141. The molecule has 2 aliphatic rings. The van der Waals surface area contributed by atoms with Crippen LogP contribution >= 0.6 is 0 Å². The number of carbonyl (C=O) groups is 1. The molecule has 0 aliphatic carbocycles. The van der Waals surface area contributed by atoms with E-state index in [1.165, 1.54) is 0 Å². The molecular weight excluding hydrogens is 230 g/mol. The van der Waals surface area contributed by atoms with Crippen LogP contribution in [0.4, 0.5) is 0 Å². The van der Waals surface area contributed by atoms with Gasteiger partial charge in [-0.15, -0.1) is 0 Å². The molecule has 0 radical (unpaired) electrons. The Morgan fingerprint density at radius 2 is 2.33 bits per heavy atom. The van der Waals surface area contributed by atoms with Gasteiger partial charge in [-0.1, -0.05) is 0 Å². The summed E-state index contributed by atoms with van der Waals surface area (Å²) in [6.45, 7) is 2.06. The Morgan fingerprint density at radius 1 is 1.50 bits per heavy atom. The Balaban J connectivity index is 1.97. The molecule has 0 amide bonds. The van der Waals surface area contributed by atoms with E-state index >= 15 is 0 Å². The van der Waals surface area contributed by atoms with E-state index < -0.39 is 12.0 Å². The van der Waals surface area contributed by atoms with Gasteiger partial charge in [0.25, 0.3) is 0 Å². The zero-order chi connectivity index (χ0) is 12.7. The number of likely N-dealkylation sites (N-methyl/N-ethyl adjacent to an activating group) is 1. The Labute approximate surface area is 106 Å². The average Bonchev–Trinajstić information content (AvgIpc) is 2.94. The number of aliphatic carboxylic acids is 1.